The van der Waals surface area contributed by atoms with Gasteiger partial charge < -0.3 is 14.5 Å². The first kappa shape index (κ1) is 21.2. The highest BCUT2D eigenvalue weighted by Gasteiger charge is 2.26. The SMILES string of the molecule is O=C(CCc1ccc(S(=O)(=O)N2CCOCC2)cc1)Nc1cccc(-c2cnco2)c1. The summed E-state index contributed by atoms with van der Waals surface area (Å²) in [5.74, 6) is 0.503. The van der Waals surface area contributed by atoms with E-state index in [1.807, 2.05) is 24.3 Å². The summed E-state index contributed by atoms with van der Waals surface area (Å²) in [5, 5.41) is 2.88. The number of anilines is 1. The molecule has 3 aromatic rings. The van der Waals surface area contributed by atoms with Crippen molar-refractivity contribution in [1.29, 1.82) is 0 Å². The Morgan fingerprint density at radius 1 is 1.10 bits per heavy atom. The number of hydrogen-bond donors (Lipinski definition) is 1. The Bertz CT molecular complexity index is 1120. The molecule has 1 amide bonds. The fraction of sp³-hybridized carbons (Fsp3) is 0.273. The van der Waals surface area contributed by atoms with Crippen LogP contribution in [0.25, 0.3) is 11.3 Å². The number of ether oxygens (including phenoxy) is 1. The zero-order valence-corrected chi connectivity index (χ0v) is 17.7. The van der Waals surface area contributed by atoms with Gasteiger partial charge in [-0.1, -0.05) is 24.3 Å². The van der Waals surface area contributed by atoms with E-state index < -0.39 is 10.0 Å². The van der Waals surface area contributed by atoms with Crippen molar-refractivity contribution in [3.05, 3.63) is 66.7 Å². The van der Waals surface area contributed by atoms with Gasteiger partial charge in [0.15, 0.2) is 12.2 Å². The van der Waals surface area contributed by atoms with Crippen molar-refractivity contribution in [2.75, 3.05) is 31.6 Å². The van der Waals surface area contributed by atoms with Crippen LogP contribution in [0.2, 0.25) is 0 Å². The zero-order chi connectivity index (χ0) is 21.7. The maximum atomic E-state index is 12.7. The molecule has 1 aromatic heterocycles. The van der Waals surface area contributed by atoms with Crippen LogP contribution in [0, 0.1) is 0 Å². The van der Waals surface area contributed by atoms with Gasteiger partial charge in [0.1, 0.15) is 0 Å². The smallest absolute Gasteiger partial charge is 0.243 e. The number of aromatic nitrogens is 1. The van der Waals surface area contributed by atoms with E-state index in [0.29, 0.717) is 44.2 Å². The summed E-state index contributed by atoms with van der Waals surface area (Å²) in [5.41, 5.74) is 2.39. The van der Waals surface area contributed by atoms with Crippen LogP contribution in [0.3, 0.4) is 0 Å². The van der Waals surface area contributed by atoms with E-state index in [1.165, 1.54) is 10.7 Å². The number of carbonyl (C=O) groups excluding carboxylic acids is 1. The van der Waals surface area contributed by atoms with Gasteiger partial charge in [0.05, 0.1) is 24.3 Å². The largest absolute Gasteiger partial charge is 0.444 e. The number of amides is 1. The predicted molar refractivity (Wildman–Crippen MR) is 115 cm³/mol. The van der Waals surface area contributed by atoms with Gasteiger partial charge in [-0.2, -0.15) is 4.31 Å². The normalized spacial score (nSPS) is 15.0. The molecular weight excluding hydrogens is 418 g/mol. The minimum absolute atomic E-state index is 0.125. The third kappa shape index (κ3) is 5.19. The molecular formula is C22H23N3O5S. The highest BCUT2D eigenvalue weighted by atomic mass is 32.2. The summed E-state index contributed by atoms with van der Waals surface area (Å²) in [6.45, 7) is 1.55. The van der Waals surface area contributed by atoms with Crippen LogP contribution in [0.4, 0.5) is 5.69 Å². The topological polar surface area (TPSA) is 102 Å². The molecule has 9 heteroatoms. The van der Waals surface area contributed by atoms with Crippen LogP contribution in [-0.2, 0) is 26.0 Å². The number of nitrogens with one attached hydrogen (secondary N) is 1. The zero-order valence-electron chi connectivity index (χ0n) is 16.9. The van der Waals surface area contributed by atoms with E-state index >= 15 is 0 Å². The molecule has 2 heterocycles. The second-order valence-electron chi connectivity index (χ2n) is 7.16. The van der Waals surface area contributed by atoms with Crippen molar-refractivity contribution in [2.45, 2.75) is 17.7 Å². The average Bonchev–Trinajstić information content (AvgIpc) is 3.34. The lowest BCUT2D eigenvalue weighted by atomic mass is 10.1. The van der Waals surface area contributed by atoms with Gasteiger partial charge in [0.25, 0.3) is 0 Å². The maximum Gasteiger partial charge on any atom is 0.243 e. The van der Waals surface area contributed by atoms with Crippen molar-refractivity contribution in [3.63, 3.8) is 0 Å². The van der Waals surface area contributed by atoms with Crippen molar-refractivity contribution >= 4 is 21.6 Å². The Morgan fingerprint density at radius 3 is 2.58 bits per heavy atom. The van der Waals surface area contributed by atoms with E-state index in [0.717, 1.165) is 11.1 Å². The first-order chi connectivity index (χ1) is 15.0. The number of oxazole rings is 1. The lowest BCUT2D eigenvalue weighted by molar-refractivity contribution is -0.116. The Morgan fingerprint density at radius 2 is 1.87 bits per heavy atom. The highest BCUT2D eigenvalue weighted by Crippen LogP contribution is 2.22. The molecule has 0 bridgehead atoms. The highest BCUT2D eigenvalue weighted by molar-refractivity contribution is 7.89. The lowest BCUT2D eigenvalue weighted by Crippen LogP contribution is -2.40. The summed E-state index contributed by atoms with van der Waals surface area (Å²) < 4.78 is 37.3. The third-order valence-corrected chi connectivity index (χ3v) is 6.95. The number of carbonyl (C=O) groups is 1. The summed E-state index contributed by atoms with van der Waals surface area (Å²) >= 11 is 0. The van der Waals surface area contributed by atoms with Crippen LogP contribution in [0.15, 0.2) is 70.4 Å². The fourth-order valence-corrected chi connectivity index (χ4v) is 4.76. The molecule has 31 heavy (non-hydrogen) atoms. The molecule has 1 fully saturated rings. The number of sulfonamides is 1. The molecule has 0 spiro atoms. The number of benzene rings is 2. The Kier molecular flexibility index (Phi) is 6.45. The number of nitrogens with zero attached hydrogens (tertiary/aromatic N) is 2. The molecule has 2 aromatic carbocycles. The van der Waals surface area contributed by atoms with Crippen molar-refractivity contribution in [1.82, 2.24) is 9.29 Å². The molecule has 8 nitrogen and oxygen atoms in total. The standard InChI is InChI=1S/C22H23N3O5S/c26-22(24-19-3-1-2-18(14-19)21-15-23-16-30-21)9-6-17-4-7-20(8-5-17)31(27,28)25-10-12-29-13-11-25/h1-5,7-8,14-16H,6,9-13H2,(H,24,26). The lowest BCUT2D eigenvalue weighted by Gasteiger charge is -2.26. The molecule has 4 rings (SSSR count). The van der Waals surface area contributed by atoms with Gasteiger partial charge in [-0.15, -0.1) is 0 Å². The summed E-state index contributed by atoms with van der Waals surface area (Å²) in [6, 6.07) is 14.0. The van der Waals surface area contributed by atoms with E-state index in [-0.39, 0.29) is 17.2 Å². The minimum Gasteiger partial charge on any atom is -0.444 e. The second-order valence-corrected chi connectivity index (χ2v) is 9.09. The minimum atomic E-state index is -3.51. The van der Waals surface area contributed by atoms with Crippen LogP contribution in [-0.4, -0.2) is 49.9 Å². The molecule has 1 saturated heterocycles. The quantitative estimate of drug-likeness (QED) is 0.605. The molecule has 162 valence electrons. The number of morpholine rings is 1. The third-order valence-electron chi connectivity index (χ3n) is 5.04. The molecule has 0 unspecified atom stereocenters. The van der Waals surface area contributed by atoms with E-state index in [9.17, 15) is 13.2 Å². The second kappa shape index (κ2) is 9.42. The molecule has 0 atom stereocenters. The van der Waals surface area contributed by atoms with E-state index in [2.05, 4.69) is 10.3 Å². The first-order valence-electron chi connectivity index (χ1n) is 9.98. The van der Waals surface area contributed by atoms with Gasteiger partial charge in [0.2, 0.25) is 15.9 Å². The van der Waals surface area contributed by atoms with Gasteiger partial charge in [-0.25, -0.2) is 13.4 Å². The number of hydrogen-bond acceptors (Lipinski definition) is 6. The first-order valence-corrected chi connectivity index (χ1v) is 11.4. The van der Waals surface area contributed by atoms with Crippen molar-refractivity contribution in [3.8, 4) is 11.3 Å². The Labute approximate surface area is 180 Å². The van der Waals surface area contributed by atoms with Crippen LogP contribution in [0.5, 0.6) is 0 Å². The monoisotopic (exact) mass is 441 g/mol. The van der Waals surface area contributed by atoms with Crippen molar-refractivity contribution < 1.29 is 22.4 Å². The van der Waals surface area contributed by atoms with Gasteiger partial charge >= 0.3 is 0 Å². The summed E-state index contributed by atoms with van der Waals surface area (Å²) in [7, 11) is -3.51. The average molecular weight is 442 g/mol. The van der Waals surface area contributed by atoms with Crippen LogP contribution in [0.1, 0.15) is 12.0 Å². The number of aryl methyl sites for hydroxylation is 1. The molecule has 0 radical (unpaired) electrons. The maximum absolute atomic E-state index is 12.7. The Balaban J connectivity index is 1.33. The summed E-state index contributed by atoms with van der Waals surface area (Å²) in [6.07, 6.45) is 3.76. The van der Waals surface area contributed by atoms with Crippen LogP contribution >= 0.6 is 0 Å². The summed E-state index contributed by atoms with van der Waals surface area (Å²) in [4.78, 5) is 16.5. The number of rotatable bonds is 7. The fourth-order valence-electron chi connectivity index (χ4n) is 3.35. The Hall–Kier alpha value is -3.01. The van der Waals surface area contributed by atoms with Crippen LogP contribution < -0.4 is 5.32 Å². The van der Waals surface area contributed by atoms with Gasteiger partial charge in [-0.05, 0) is 36.2 Å². The van der Waals surface area contributed by atoms with Gasteiger partial charge in [0, 0.05) is 30.8 Å². The van der Waals surface area contributed by atoms with Gasteiger partial charge in [-0.3, -0.25) is 4.79 Å². The van der Waals surface area contributed by atoms with E-state index in [1.54, 1.807) is 30.5 Å². The van der Waals surface area contributed by atoms with Crippen molar-refractivity contribution in [2.24, 2.45) is 0 Å². The molecule has 1 aliphatic rings. The predicted octanol–water partition coefficient (Wildman–Crippen LogP) is 2.93. The molecule has 1 N–H and O–H groups in total. The van der Waals surface area contributed by atoms with E-state index in [4.69, 9.17) is 9.15 Å². The molecule has 0 saturated carbocycles. The molecule has 1 aliphatic heterocycles. The molecule has 0 aliphatic carbocycles.